The number of piperazine rings is 1. The molecule has 0 aliphatic carbocycles. The van der Waals surface area contributed by atoms with Crippen LogP contribution < -0.4 is 9.47 Å². The fourth-order valence-electron chi connectivity index (χ4n) is 3.17. The molecular weight excluding hydrogens is 316 g/mol. The van der Waals surface area contributed by atoms with E-state index < -0.39 is 6.10 Å². The molecule has 0 amide bonds. The first-order chi connectivity index (χ1) is 11.8. The van der Waals surface area contributed by atoms with Crippen LogP contribution in [0.4, 0.5) is 0 Å². The number of aliphatic hydroxyl groups is 1. The number of aliphatic hydroxyl groups excluding tert-OH is 1. The average molecular weight is 351 g/mol. The molecule has 142 valence electrons. The van der Waals surface area contributed by atoms with E-state index in [4.69, 9.17) is 9.47 Å². The highest BCUT2D eigenvalue weighted by Gasteiger charge is 2.22. The fraction of sp³-hybridized carbons (Fsp3) is 0.700. The summed E-state index contributed by atoms with van der Waals surface area (Å²) < 4.78 is 11.3. The number of likely N-dealkylation sites (N-methyl/N-ethyl adjacent to an activating group) is 1. The number of rotatable bonds is 7. The molecular formula is C20H34N2O3. The molecule has 0 aromatic heterocycles. The average Bonchev–Trinajstić information content (AvgIpc) is 2.59. The van der Waals surface area contributed by atoms with Crippen molar-refractivity contribution in [1.29, 1.82) is 0 Å². The molecule has 1 N–H and O–H groups in total. The molecule has 0 saturated carbocycles. The minimum absolute atomic E-state index is 0.0503. The van der Waals surface area contributed by atoms with Crippen LogP contribution >= 0.6 is 0 Å². The number of hydrogen-bond acceptors (Lipinski definition) is 5. The summed E-state index contributed by atoms with van der Waals surface area (Å²) in [7, 11) is 1.67. The zero-order valence-electron chi connectivity index (χ0n) is 16.4. The van der Waals surface area contributed by atoms with Gasteiger partial charge in [-0.05, 0) is 30.2 Å². The van der Waals surface area contributed by atoms with E-state index in [2.05, 4.69) is 37.5 Å². The first kappa shape index (κ1) is 20.0. The number of benzene rings is 1. The lowest BCUT2D eigenvalue weighted by molar-refractivity contribution is 0.0466. The van der Waals surface area contributed by atoms with Crippen LogP contribution in [-0.4, -0.2) is 74.0 Å². The van der Waals surface area contributed by atoms with Gasteiger partial charge in [-0.15, -0.1) is 0 Å². The van der Waals surface area contributed by atoms with Gasteiger partial charge in [0.2, 0.25) is 0 Å². The molecule has 5 heteroatoms. The molecule has 0 radical (unpaired) electrons. The van der Waals surface area contributed by atoms with Crippen molar-refractivity contribution < 1.29 is 14.6 Å². The second-order valence-electron chi connectivity index (χ2n) is 7.81. The second-order valence-corrected chi connectivity index (χ2v) is 7.81. The van der Waals surface area contributed by atoms with Crippen molar-refractivity contribution in [1.82, 2.24) is 9.80 Å². The minimum atomic E-state index is -0.483. The molecule has 1 atom stereocenters. The molecule has 5 nitrogen and oxygen atoms in total. The molecule has 0 spiro atoms. The maximum Gasteiger partial charge on any atom is 0.123 e. The summed E-state index contributed by atoms with van der Waals surface area (Å²) in [5, 5.41) is 10.4. The van der Waals surface area contributed by atoms with Crippen LogP contribution in [0.3, 0.4) is 0 Å². The van der Waals surface area contributed by atoms with E-state index in [1.807, 2.05) is 18.2 Å². The molecule has 1 fully saturated rings. The molecule has 1 heterocycles. The third-order valence-corrected chi connectivity index (χ3v) is 4.81. The monoisotopic (exact) mass is 350 g/mol. The maximum absolute atomic E-state index is 10.4. The summed E-state index contributed by atoms with van der Waals surface area (Å²) in [4.78, 5) is 4.76. The van der Waals surface area contributed by atoms with Gasteiger partial charge in [0.25, 0.3) is 0 Å². The fourth-order valence-corrected chi connectivity index (χ4v) is 3.17. The summed E-state index contributed by atoms with van der Waals surface area (Å²) in [6, 6.07) is 5.86. The first-order valence-corrected chi connectivity index (χ1v) is 9.27. The number of methoxy groups -OCH3 is 1. The third kappa shape index (κ3) is 5.87. The van der Waals surface area contributed by atoms with Crippen molar-refractivity contribution >= 4 is 0 Å². The normalized spacial score (nSPS) is 18.2. The topological polar surface area (TPSA) is 45.2 Å². The summed E-state index contributed by atoms with van der Waals surface area (Å²) in [5.41, 5.74) is 1.04. The zero-order valence-corrected chi connectivity index (χ0v) is 16.4. The highest BCUT2D eigenvalue weighted by Crippen LogP contribution is 2.34. The Balaban J connectivity index is 1.90. The molecule has 2 rings (SSSR count). The van der Waals surface area contributed by atoms with Crippen LogP contribution in [0, 0.1) is 0 Å². The quantitative estimate of drug-likeness (QED) is 0.818. The number of hydrogen-bond donors (Lipinski definition) is 1. The molecule has 1 aliphatic heterocycles. The number of ether oxygens (including phenoxy) is 2. The van der Waals surface area contributed by atoms with Crippen molar-refractivity contribution in [2.45, 2.75) is 39.2 Å². The van der Waals surface area contributed by atoms with E-state index in [0.29, 0.717) is 13.2 Å². The molecule has 1 aromatic carbocycles. The van der Waals surface area contributed by atoms with Gasteiger partial charge in [0.05, 0.1) is 7.11 Å². The molecule has 1 saturated heterocycles. The Labute approximate surface area is 152 Å². The maximum atomic E-state index is 10.4. The van der Waals surface area contributed by atoms with Gasteiger partial charge in [-0.2, -0.15) is 0 Å². The van der Waals surface area contributed by atoms with Gasteiger partial charge in [-0.1, -0.05) is 27.7 Å². The zero-order chi connectivity index (χ0) is 18.4. The van der Waals surface area contributed by atoms with Crippen LogP contribution in [0.25, 0.3) is 0 Å². The Hall–Kier alpha value is -1.30. The number of nitrogens with zero attached hydrogens (tertiary/aromatic N) is 2. The van der Waals surface area contributed by atoms with E-state index in [-0.39, 0.29) is 5.41 Å². The highest BCUT2D eigenvalue weighted by atomic mass is 16.5. The molecule has 0 unspecified atom stereocenters. The summed E-state index contributed by atoms with van der Waals surface area (Å²) in [6.07, 6.45) is -0.483. The van der Waals surface area contributed by atoms with Crippen LogP contribution in [0.1, 0.15) is 33.3 Å². The minimum Gasteiger partial charge on any atom is -0.497 e. The molecule has 25 heavy (non-hydrogen) atoms. The van der Waals surface area contributed by atoms with Crippen molar-refractivity contribution in [3.63, 3.8) is 0 Å². The Morgan fingerprint density at radius 1 is 1.12 bits per heavy atom. The largest absolute Gasteiger partial charge is 0.497 e. The van der Waals surface area contributed by atoms with Gasteiger partial charge in [0.15, 0.2) is 0 Å². The Bertz CT molecular complexity index is 534. The SMILES string of the molecule is CCN1CCN(C[C@@H](O)COc2ccc(OC)cc2C(C)(C)C)CC1. The van der Waals surface area contributed by atoms with E-state index >= 15 is 0 Å². The third-order valence-electron chi connectivity index (χ3n) is 4.81. The van der Waals surface area contributed by atoms with Gasteiger partial charge in [0.1, 0.15) is 24.2 Å². The second kappa shape index (κ2) is 8.88. The van der Waals surface area contributed by atoms with E-state index in [9.17, 15) is 5.11 Å². The van der Waals surface area contributed by atoms with E-state index in [1.165, 1.54) is 0 Å². The Kier molecular flexibility index (Phi) is 7.11. The predicted molar refractivity (Wildman–Crippen MR) is 102 cm³/mol. The van der Waals surface area contributed by atoms with Crippen molar-refractivity contribution in [3.8, 4) is 11.5 Å². The lowest BCUT2D eigenvalue weighted by Crippen LogP contribution is -2.49. The predicted octanol–water partition coefficient (Wildman–Crippen LogP) is 2.37. The molecule has 1 aliphatic rings. The standard InChI is InChI=1S/C20H34N2O3/c1-6-21-9-11-22(12-10-21)14-16(23)15-25-19-8-7-17(24-5)13-18(19)20(2,3)4/h7-8,13,16,23H,6,9-12,14-15H2,1-5H3/t16-/m1/s1. The number of β-amino-alcohol motifs (C(OH)–C–C–N with tert-alkyl or cyclic N) is 1. The van der Waals surface area contributed by atoms with Crippen molar-refractivity contribution in [2.24, 2.45) is 0 Å². The van der Waals surface area contributed by atoms with Gasteiger partial charge < -0.3 is 19.5 Å². The highest BCUT2D eigenvalue weighted by molar-refractivity contribution is 5.44. The van der Waals surface area contributed by atoms with Crippen LogP contribution in [-0.2, 0) is 5.41 Å². The smallest absolute Gasteiger partial charge is 0.123 e. The van der Waals surface area contributed by atoms with Crippen molar-refractivity contribution in [2.75, 3.05) is 53.0 Å². The van der Waals surface area contributed by atoms with Crippen LogP contribution in [0.5, 0.6) is 11.5 Å². The summed E-state index contributed by atoms with van der Waals surface area (Å²) >= 11 is 0. The van der Waals surface area contributed by atoms with Crippen molar-refractivity contribution in [3.05, 3.63) is 23.8 Å². The molecule has 0 bridgehead atoms. The van der Waals surface area contributed by atoms with Gasteiger partial charge in [0, 0.05) is 38.3 Å². The van der Waals surface area contributed by atoms with Gasteiger partial charge in [-0.25, -0.2) is 0 Å². The Morgan fingerprint density at radius 3 is 2.32 bits per heavy atom. The molecule has 1 aromatic rings. The summed E-state index contributed by atoms with van der Waals surface area (Å²) in [5.74, 6) is 1.65. The van der Waals surface area contributed by atoms with Crippen LogP contribution in [0.15, 0.2) is 18.2 Å². The lowest BCUT2D eigenvalue weighted by Gasteiger charge is -2.35. The van der Waals surface area contributed by atoms with E-state index in [0.717, 1.165) is 49.8 Å². The summed E-state index contributed by atoms with van der Waals surface area (Å²) in [6.45, 7) is 14.9. The lowest BCUT2D eigenvalue weighted by atomic mass is 9.86. The van der Waals surface area contributed by atoms with E-state index in [1.54, 1.807) is 7.11 Å². The van der Waals surface area contributed by atoms with Crippen LogP contribution in [0.2, 0.25) is 0 Å². The first-order valence-electron chi connectivity index (χ1n) is 9.27. The Morgan fingerprint density at radius 2 is 1.76 bits per heavy atom. The van der Waals surface area contributed by atoms with Gasteiger partial charge >= 0.3 is 0 Å². The van der Waals surface area contributed by atoms with Gasteiger partial charge in [-0.3, -0.25) is 4.90 Å².